The molecule has 0 bridgehead atoms. The molecule has 0 spiro atoms. The number of aldehydes is 1. The maximum Gasteiger partial charge on any atom is 0.205 e. The Bertz CT molecular complexity index is 1670. The number of carbonyl (C=O) groups excluding carboxylic acids is 2. The summed E-state index contributed by atoms with van der Waals surface area (Å²) in [5, 5.41) is 1.41. The van der Waals surface area contributed by atoms with Crippen LogP contribution in [0, 0.1) is 5.92 Å². The quantitative estimate of drug-likeness (QED) is 0.129. The molecular weight excluding hydrogens is 553 g/mol. The molecule has 204 valence electrons. The van der Waals surface area contributed by atoms with Gasteiger partial charge in [-0.2, -0.15) is 0 Å². The van der Waals surface area contributed by atoms with E-state index >= 15 is 0 Å². The first-order valence-corrected chi connectivity index (χ1v) is 13.4. The Hall–Kier alpha value is -3.91. The van der Waals surface area contributed by atoms with Crippen molar-refractivity contribution in [3.8, 4) is 16.9 Å². The minimum atomic E-state index is -0.536. The zero-order valence-electron chi connectivity index (χ0n) is 21.7. The lowest BCUT2D eigenvalue weighted by atomic mass is 9.96. The Morgan fingerprint density at radius 3 is 2.40 bits per heavy atom. The summed E-state index contributed by atoms with van der Waals surface area (Å²) in [6.45, 7) is 4.33. The molecule has 5 rings (SSSR count). The fraction of sp³-hybridized carbons (Fsp3) is 0.194. The Kier molecular flexibility index (Phi) is 8.07. The number of hydrogen-bond donors (Lipinski definition) is 1. The van der Waals surface area contributed by atoms with Crippen LogP contribution in [0.25, 0.3) is 22.1 Å². The number of Topliss-reactive ketones (excluding diaryl/α,β-unsaturated/α-hetero) is 1. The minimum Gasteiger partial charge on any atom is -0.489 e. The van der Waals surface area contributed by atoms with Crippen LogP contribution in [0.3, 0.4) is 0 Å². The summed E-state index contributed by atoms with van der Waals surface area (Å²) >= 11 is 13.0. The molecule has 1 aliphatic rings. The van der Waals surface area contributed by atoms with Gasteiger partial charge in [-0.1, -0.05) is 61.3 Å². The van der Waals surface area contributed by atoms with Crippen molar-refractivity contribution in [2.45, 2.75) is 26.3 Å². The summed E-state index contributed by atoms with van der Waals surface area (Å²) in [4.78, 5) is 41.1. The van der Waals surface area contributed by atoms with E-state index in [-0.39, 0.29) is 41.8 Å². The number of rotatable bonds is 9. The van der Waals surface area contributed by atoms with Crippen molar-refractivity contribution >= 4 is 46.2 Å². The molecule has 1 aromatic heterocycles. The lowest BCUT2D eigenvalue weighted by Crippen LogP contribution is -2.19. The molecule has 1 aliphatic heterocycles. The van der Waals surface area contributed by atoms with E-state index in [4.69, 9.17) is 37.2 Å². The lowest BCUT2D eigenvalue weighted by molar-refractivity contribution is -0.107. The van der Waals surface area contributed by atoms with E-state index in [1.165, 1.54) is 0 Å². The molecule has 1 atom stereocenters. The molecule has 0 fully saturated rings. The molecule has 0 aliphatic carbocycles. The van der Waals surface area contributed by atoms with Gasteiger partial charge >= 0.3 is 0 Å². The minimum absolute atomic E-state index is 0.115. The Morgan fingerprint density at radius 1 is 1.02 bits per heavy atom. The molecule has 9 heteroatoms. The van der Waals surface area contributed by atoms with Gasteiger partial charge in [-0.25, -0.2) is 0 Å². The molecule has 0 saturated carbocycles. The van der Waals surface area contributed by atoms with Gasteiger partial charge in [0.1, 0.15) is 30.0 Å². The summed E-state index contributed by atoms with van der Waals surface area (Å²) in [7, 11) is 0. The van der Waals surface area contributed by atoms with Crippen molar-refractivity contribution in [2.24, 2.45) is 5.92 Å². The number of benzene rings is 3. The maximum absolute atomic E-state index is 12.6. The number of allylic oxidation sites excluding steroid dienone is 1. The second kappa shape index (κ2) is 11.7. The number of nitrogens with one attached hydrogen (secondary N) is 1. The van der Waals surface area contributed by atoms with Crippen LogP contribution in [0.1, 0.15) is 42.4 Å². The Labute approximate surface area is 240 Å². The van der Waals surface area contributed by atoms with E-state index < -0.39 is 5.78 Å². The van der Waals surface area contributed by atoms with Gasteiger partial charge in [-0.15, -0.1) is 5.48 Å². The van der Waals surface area contributed by atoms with Gasteiger partial charge in [-0.3, -0.25) is 9.59 Å². The zero-order chi connectivity index (χ0) is 28.4. The topological polar surface area (TPSA) is 94.8 Å². The number of ether oxygens (including phenoxy) is 1. The third-order valence-corrected chi connectivity index (χ3v) is 7.28. The molecule has 3 aromatic carbocycles. The second-order valence-corrected chi connectivity index (χ2v) is 10.4. The average molecular weight is 578 g/mol. The van der Waals surface area contributed by atoms with Crippen molar-refractivity contribution in [1.29, 1.82) is 0 Å². The number of ketones is 1. The van der Waals surface area contributed by atoms with Crippen LogP contribution in [0.5, 0.6) is 5.75 Å². The number of hydrogen-bond acceptors (Lipinski definition) is 7. The van der Waals surface area contributed by atoms with Crippen molar-refractivity contribution in [2.75, 3.05) is 6.61 Å². The molecule has 0 amide bonds. The fourth-order valence-electron chi connectivity index (χ4n) is 4.62. The first-order valence-electron chi connectivity index (χ1n) is 12.6. The molecule has 1 N–H and O–H groups in total. The van der Waals surface area contributed by atoms with Crippen molar-refractivity contribution in [3.05, 3.63) is 110 Å². The Balaban J connectivity index is 1.36. The second-order valence-electron chi connectivity index (χ2n) is 9.63. The van der Waals surface area contributed by atoms with Crippen molar-refractivity contribution in [3.63, 3.8) is 0 Å². The highest BCUT2D eigenvalue weighted by Crippen LogP contribution is 2.40. The SMILES string of the molecule is CC(C)C1=C(COc2ccc(-c3ccc4oc(C(=O)CC=O)cc(=O)c4c3)cc2)C(c2c(Cl)cccc2Cl)NO1. The summed E-state index contributed by atoms with van der Waals surface area (Å²) < 4.78 is 11.7. The van der Waals surface area contributed by atoms with E-state index in [0.717, 1.165) is 34.1 Å². The van der Waals surface area contributed by atoms with Gasteiger partial charge in [0.25, 0.3) is 0 Å². The van der Waals surface area contributed by atoms with Gasteiger partial charge in [0, 0.05) is 33.2 Å². The van der Waals surface area contributed by atoms with Crippen molar-refractivity contribution < 1.29 is 23.6 Å². The molecule has 7 nitrogen and oxygen atoms in total. The molecular formula is C31H25Cl2NO6. The summed E-state index contributed by atoms with van der Waals surface area (Å²) in [6, 6.07) is 18.8. The average Bonchev–Trinajstić information content (AvgIpc) is 3.36. The molecule has 0 saturated heterocycles. The molecule has 0 radical (unpaired) electrons. The first-order chi connectivity index (χ1) is 19.3. The molecule has 40 heavy (non-hydrogen) atoms. The van der Waals surface area contributed by atoms with Crippen molar-refractivity contribution in [1.82, 2.24) is 5.48 Å². The third kappa shape index (κ3) is 5.54. The smallest absolute Gasteiger partial charge is 0.205 e. The number of fused-ring (bicyclic) bond motifs is 1. The molecule has 1 unspecified atom stereocenters. The predicted octanol–water partition coefficient (Wildman–Crippen LogP) is 7.10. The third-order valence-electron chi connectivity index (χ3n) is 6.62. The van der Waals surface area contributed by atoms with Gasteiger partial charge in [0.2, 0.25) is 5.78 Å². The van der Waals surface area contributed by atoms with E-state index in [1.807, 2.05) is 38.1 Å². The first kappa shape index (κ1) is 27.6. The highest BCUT2D eigenvalue weighted by molar-refractivity contribution is 6.36. The van der Waals surface area contributed by atoms with Crippen LogP contribution in [-0.2, 0) is 9.63 Å². The van der Waals surface area contributed by atoms with Crippen LogP contribution >= 0.6 is 23.2 Å². The van der Waals surface area contributed by atoms with Gasteiger partial charge in [0.15, 0.2) is 11.2 Å². The van der Waals surface area contributed by atoms with E-state index in [9.17, 15) is 14.4 Å². The van der Waals surface area contributed by atoms with Crippen LogP contribution in [0.15, 0.2) is 87.3 Å². The lowest BCUT2D eigenvalue weighted by Gasteiger charge is -2.17. The number of carbonyl (C=O) groups is 2. The normalized spacial score (nSPS) is 15.0. The zero-order valence-corrected chi connectivity index (χ0v) is 23.2. The standard InChI is InChI=1S/C31H25Cl2NO6/c1-17(2)31-22(30(34-40-31)29-23(32)4-3-5-24(29)33)16-38-20-9-6-18(7-10-20)19-8-11-27-21(14-19)26(37)15-28(39-27)25(36)12-13-35/h3-11,13-15,17,30,34H,12,16H2,1-2H3. The van der Waals surface area contributed by atoms with Gasteiger partial charge in [0.05, 0.1) is 17.8 Å². The summed E-state index contributed by atoms with van der Waals surface area (Å²) in [5.74, 6) is 0.879. The van der Waals surface area contributed by atoms with E-state index in [0.29, 0.717) is 27.5 Å². The largest absolute Gasteiger partial charge is 0.489 e. The Morgan fingerprint density at radius 2 is 1.73 bits per heavy atom. The van der Waals surface area contributed by atoms with Gasteiger partial charge in [-0.05, 0) is 47.5 Å². The summed E-state index contributed by atoms with van der Waals surface area (Å²) in [6.07, 6.45) is 0.142. The highest BCUT2D eigenvalue weighted by Gasteiger charge is 2.33. The maximum atomic E-state index is 12.6. The summed E-state index contributed by atoms with van der Waals surface area (Å²) in [5.41, 5.74) is 6.27. The van der Waals surface area contributed by atoms with E-state index in [1.54, 1.807) is 36.4 Å². The number of hydroxylamine groups is 1. The molecule has 2 heterocycles. The van der Waals surface area contributed by atoms with Crippen LogP contribution in [0.4, 0.5) is 0 Å². The monoisotopic (exact) mass is 577 g/mol. The predicted molar refractivity (Wildman–Crippen MR) is 154 cm³/mol. The molecule has 4 aromatic rings. The van der Waals surface area contributed by atoms with E-state index in [2.05, 4.69) is 5.48 Å². The van der Waals surface area contributed by atoms with Crippen LogP contribution in [0.2, 0.25) is 10.0 Å². The van der Waals surface area contributed by atoms with Crippen LogP contribution in [-0.4, -0.2) is 18.7 Å². The highest BCUT2D eigenvalue weighted by atomic mass is 35.5. The fourth-order valence-corrected chi connectivity index (χ4v) is 5.23. The number of halogens is 2. The van der Waals surface area contributed by atoms with Crippen LogP contribution < -0.4 is 15.6 Å². The van der Waals surface area contributed by atoms with Gasteiger partial charge < -0.3 is 18.8 Å².